The molecule has 4 nitrogen and oxygen atoms in total. The van der Waals surface area contributed by atoms with Crippen LogP contribution in [0.4, 0.5) is 5.00 Å². The Morgan fingerprint density at radius 3 is 3.07 bits per heavy atom. The summed E-state index contributed by atoms with van der Waals surface area (Å²) >= 11 is 1.33. The lowest BCUT2D eigenvalue weighted by molar-refractivity contribution is 0.0692. The van der Waals surface area contributed by atoms with Gasteiger partial charge in [-0.15, -0.1) is 11.3 Å². The number of aromatic carboxylic acids is 1. The van der Waals surface area contributed by atoms with E-state index in [1.807, 2.05) is 0 Å². The Morgan fingerprint density at radius 1 is 1.79 bits per heavy atom. The number of carboxylic acids is 1. The number of nitrogens with zero attached hydrogens (tertiary/aromatic N) is 1. The third-order valence-electron chi connectivity index (χ3n) is 2.08. The number of hydrogen-bond acceptors (Lipinski definition) is 4. The van der Waals surface area contributed by atoms with Gasteiger partial charge in [0.25, 0.3) is 0 Å². The first kappa shape index (κ1) is 11.0. The number of carbonyl (C=O) groups is 1. The smallest absolute Gasteiger partial charge is 0.357 e. The number of carboxylic acid groups (broad SMARTS) is 1. The largest absolute Gasteiger partial charge is 0.476 e. The van der Waals surface area contributed by atoms with E-state index in [2.05, 4.69) is 24.1 Å². The van der Waals surface area contributed by atoms with Gasteiger partial charge in [0.1, 0.15) is 5.00 Å². The van der Waals surface area contributed by atoms with Gasteiger partial charge in [0.15, 0.2) is 5.69 Å². The Morgan fingerprint density at radius 2 is 2.50 bits per heavy atom. The average Bonchev–Trinajstić information content (AvgIpc) is 2.62. The number of rotatable bonds is 5. The van der Waals surface area contributed by atoms with Crippen molar-refractivity contribution in [1.29, 1.82) is 0 Å². The first-order chi connectivity index (χ1) is 6.65. The number of nitrogens with one attached hydrogen (secondary N) is 1. The van der Waals surface area contributed by atoms with Crippen molar-refractivity contribution >= 4 is 22.3 Å². The summed E-state index contributed by atoms with van der Waals surface area (Å²) in [7, 11) is 0. The minimum atomic E-state index is -0.974. The van der Waals surface area contributed by atoms with Crippen molar-refractivity contribution in [3.8, 4) is 0 Å². The molecule has 1 unspecified atom stereocenters. The van der Waals surface area contributed by atoms with Gasteiger partial charge in [-0.2, -0.15) is 0 Å². The zero-order valence-electron chi connectivity index (χ0n) is 8.28. The fraction of sp³-hybridized carbons (Fsp3) is 0.556. The highest BCUT2D eigenvalue weighted by Gasteiger charge is 2.13. The molecular formula is C9H14N2O2S. The molecule has 5 heteroatoms. The summed E-state index contributed by atoms with van der Waals surface area (Å²) in [4.78, 5) is 14.5. The van der Waals surface area contributed by atoms with Gasteiger partial charge >= 0.3 is 5.97 Å². The molecular weight excluding hydrogens is 200 g/mol. The normalized spacial score (nSPS) is 12.4. The molecule has 0 aliphatic carbocycles. The molecule has 0 aliphatic heterocycles. The molecule has 0 fully saturated rings. The van der Waals surface area contributed by atoms with E-state index in [0.717, 1.165) is 13.0 Å². The summed E-state index contributed by atoms with van der Waals surface area (Å²) in [6, 6.07) is 0. The van der Waals surface area contributed by atoms with Crippen LogP contribution in [0, 0.1) is 5.92 Å². The van der Waals surface area contributed by atoms with Crippen molar-refractivity contribution in [2.24, 2.45) is 5.92 Å². The lowest BCUT2D eigenvalue weighted by Gasteiger charge is -2.09. The van der Waals surface area contributed by atoms with E-state index in [0.29, 0.717) is 10.9 Å². The number of hydrogen-bond donors (Lipinski definition) is 2. The van der Waals surface area contributed by atoms with Crippen LogP contribution in [0.3, 0.4) is 0 Å². The topological polar surface area (TPSA) is 62.2 Å². The molecule has 1 aromatic rings. The summed E-state index contributed by atoms with van der Waals surface area (Å²) in [5, 5.41) is 12.5. The van der Waals surface area contributed by atoms with E-state index < -0.39 is 5.97 Å². The summed E-state index contributed by atoms with van der Waals surface area (Å²) in [5.74, 6) is -0.434. The maximum Gasteiger partial charge on any atom is 0.357 e. The predicted molar refractivity (Wildman–Crippen MR) is 57.0 cm³/mol. The molecule has 0 saturated heterocycles. The van der Waals surface area contributed by atoms with Crippen molar-refractivity contribution in [2.45, 2.75) is 20.3 Å². The first-order valence-electron chi connectivity index (χ1n) is 4.55. The Bertz CT molecular complexity index is 312. The molecule has 0 aromatic carbocycles. The van der Waals surface area contributed by atoms with E-state index in [1.54, 1.807) is 5.51 Å². The van der Waals surface area contributed by atoms with Gasteiger partial charge in [-0.25, -0.2) is 9.78 Å². The van der Waals surface area contributed by atoms with Gasteiger partial charge in [0.2, 0.25) is 0 Å². The van der Waals surface area contributed by atoms with Crippen molar-refractivity contribution in [3.63, 3.8) is 0 Å². The van der Waals surface area contributed by atoms with Crippen LogP contribution < -0.4 is 5.32 Å². The van der Waals surface area contributed by atoms with Crippen molar-refractivity contribution in [3.05, 3.63) is 11.2 Å². The van der Waals surface area contributed by atoms with Gasteiger partial charge in [-0.3, -0.25) is 0 Å². The lowest BCUT2D eigenvalue weighted by Crippen LogP contribution is -2.11. The number of aromatic nitrogens is 1. The van der Waals surface area contributed by atoms with Crippen LogP contribution in [0.15, 0.2) is 5.51 Å². The third-order valence-corrected chi connectivity index (χ3v) is 2.86. The maximum absolute atomic E-state index is 10.7. The summed E-state index contributed by atoms with van der Waals surface area (Å²) in [6.07, 6.45) is 1.08. The second-order valence-corrected chi connectivity index (χ2v) is 4.08. The molecule has 0 aliphatic rings. The van der Waals surface area contributed by atoms with Gasteiger partial charge in [-0.05, 0) is 5.92 Å². The van der Waals surface area contributed by atoms with E-state index in [4.69, 9.17) is 5.11 Å². The fourth-order valence-corrected chi connectivity index (χ4v) is 1.62. The van der Waals surface area contributed by atoms with Crippen LogP contribution in [-0.4, -0.2) is 22.6 Å². The molecule has 14 heavy (non-hydrogen) atoms. The maximum atomic E-state index is 10.7. The van der Waals surface area contributed by atoms with Crippen LogP contribution in [0.5, 0.6) is 0 Å². The molecule has 0 amide bonds. The first-order valence-corrected chi connectivity index (χ1v) is 5.43. The van der Waals surface area contributed by atoms with Crippen molar-refractivity contribution < 1.29 is 9.90 Å². The van der Waals surface area contributed by atoms with Crippen LogP contribution in [0.2, 0.25) is 0 Å². The molecule has 0 radical (unpaired) electrons. The Balaban J connectivity index is 2.58. The Labute approximate surface area is 87.0 Å². The monoisotopic (exact) mass is 214 g/mol. The Hall–Kier alpha value is -1.10. The van der Waals surface area contributed by atoms with E-state index in [-0.39, 0.29) is 5.69 Å². The SMILES string of the molecule is CCC(C)CNc1scnc1C(=O)O. The fourth-order valence-electron chi connectivity index (χ4n) is 0.935. The summed E-state index contributed by atoms with van der Waals surface area (Å²) in [5.41, 5.74) is 1.67. The van der Waals surface area contributed by atoms with Crippen molar-refractivity contribution in [1.82, 2.24) is 4.98 Å². The minimum absolute atomic E-state index is 0.123. The number of thiazole rings is 1. The van der Waals surface area contributed by atoms with Gasteiger partial charge in [0, 0.05) is 6.54 Å². The van der Waals surface area contributed by atoms with E-state index in [1.165, 1.54) is 11.3 Å². The number of anilines is 1. The van der Waals surface area contributed by atoms with Crippen molar-refractivity contribution in [2.75, 3.05) is 11.9 Å². The molecule has 1 heterocycles. The zero-order valence-corrected chi connectivity index (χ0v) is 9.10. The Kier molecular flexibility index (Phi) is 3.88. The molecule has 78 valence electrons. The molecule has 0 saturated carbocycles. The van der Waals surface area contributed by atoms with Crippen LogP contribution >= 0.6 is 11.3 Å². The van der Waals surface area contributed by atoms with E-state index >= 15 is 0 Å². The second kappa shape index (κ2) is 4.95. The van der Waals surface area contributed by atoms with E-state index in [9.17, 15) is 4.79 Å². The lowest BCUT2D eigenvalue weighted by atomic mass is 10.1. The third kappa shape index (κ3) is 2.70. The second-order valence-electron chi connectivity index (χ2n) is 3.23. The zero-order chi connectivity index (χ0) is 10.6. The molecule has 0 spiro atoms. The van der Waals surface area contributed by atoms with Crippen LogP contribution in [0.25, 0.3) is 0 Å². The van der Waals surface area contributed by atoms with Crippen LogP contribution in [0.1, 0.15) is 30.8 Å². The highest BCUT2D eigenvalue weighted by atomic mass is 32.1. The van der Waals surface area contributed by atoms with Gasteiger partial charge in [0.05, 0.1) is 5.51 Å². The molecule has 1 rings (SSSR count). The van der Waals surface area contributed by atoms with Gasteiger partial charge < -0.3 is 10.4 Å². The summed E-state index contributed by atoms with van der Waals surface area (Å²) in [6.45, 7) is 5.02. The predicted octanol–water partition coefficient (Wildman–Crippen LogP) is 2.30. The molecule has 0 bridgehead atoms. The minimum Gasteiger partial charge on any atom is -0.476 e. The average molecular weight is 214 g/mol. The molecule has 2 N–H and O–H groups in total. The quantitative estimate of drug-likeness (QED) is 0.789. The highest BCUT2D eigenvalue weighted by Crippen LogP contribution is 2.20. The molecule has 1 atom stereocenters. The van der Waals surface area contributed by atoms with Crippen LogP contribution in [-0.2, 0) is 0 Å². The highest BCUT2D eigenvalue weighted by molar-refractivity contribution is 7.14. The standard InChI is InChI=1S/C9H14N2O2S/c1-3-6(2)4-10-8-7(9(12)13)11-5-14-8/h5-6,10H,3-4H2,1-2H3,(H,12,13). The summed E-state index contributed by atoms with van der Waals surface area (Å²) < 4.78 is 0. The van der Waals surface area contributed by atoms with Gasteiger partial charge in [-0.1, -0.05) is 20.3 Å². The molecule has 1 aromatic heterocycles.